The van der Waals surface area contributed by atoms with E-state index in [1.54, 1.807) is 12.1 Å². The van der Waals surface area contributed by atoms with Gasteiger partial charge in [0.15, 0.2) is 0 Å². The molecule has 5 nitrogen and oxygen atoms in total. The van der Waals surface area contributed by atoms with Gasteiger partial charge < -0.3 is 14.7 Å². The van der Waals surface area contributed by atoms with Gasteiger partial charge in [0, 0.05) is 23.7 Å². The van der Waals surface area contributed by atoms with Gasteiger partial charge in [0.2, 0.25) is 5.91 Å². The van der Waals surface area contributed by atoms with Crippen molar-refractivity contribution in [3.05, 3.63) is 29.3 Å². The molecule has 26 heavy (non-hydrogen) atoms. The largest absolute Gasteiger partial charge is 0.490 e. The van der Waals surface area contributed by atoms with Gasteiger partial charge in [-0.1, -0.05) is 17.7 Å². The summed E-state index contributed by atoms with van der Waals surface area (Å²) in [6.07, 6.45) is 1.50. The van der Waals surface area contributed by atoms with Crippen molar-refractivity contribution in [2.75, 3.05) is 26.2 Å². The van der Waals surface area contributed by atoms with Crippen LogP contribution in [0, 0.1) is 0 Å². The van der Waals surface area contributed by atoms with Crippen LogP contribution in [0.15, 0.2) is 24.3 Å². The van der Waals surface area contributed by atoms with Crippen molar-refractivity contribution in [1.29, 1.82) is 0 Å². The summed E-state index contributed by atoms with van der Waals surface area (Å²) in [5, 5.41) is 11.5. The predicted molar refractivity (Wildman–Crippen MR) is 105 cm³/mol. The van der Waals surface area contributed by atoms with Crippen molar-refractivity contribution in [2.45, 2.75) is 58.2 Å². The highest BCUT2D eigenvalue weighted by molar-refractivity contribution is 6.30. The third kappa shape index (κ3) is 5.86. The maximum Gasteiger partial charge on any atom is 0.237 e. The molecule has 1 aliphatic heterocycles. The van der Waals surface area contributed by atoms with E-state index in [4.69, 9.17) is 16.3 Å². The molecule has 0 spiro atoms. The third-order valence-electron chi connectivity index (χ3n) is 4.70. The highest BCUT2D eigenvalue weighted by Gasteiger charge is 2.35. The number of rotatable bonds is 7. The lowest BCUT2D eigenvalue weighted by atomic mass is 9.93. The molecule has 1 atom stereocenters. The number of ether oxygens (including phenoxy) is 1. The molecule has 1 amide bonds. The smallest absolute Gasteiger partial charge is 0.237 e. The Hall–Kier alpha value is -1.30. The van der Waals surface area contributed by atoms with Gasteiger partial charge in [0.25, 0.3) is 0 Å². The van der Waals surface area contributed by atoms with Crippen molar-refractivity contribution in [3.8, 4) is 5.75 Å². The molecule has 0 aliphatic carbocycles. The minimum atomic E-state index is -0.957. The van der Waals surface area contributed by atoms with E-state index in [1.807, 2.05) is 49.6 Å². The van der Waals surface area contributed by atoms with Gasteiger partial charge in [0.05, 0.1) is 6.54 Å². The molecule has 0 radical (unpaired) electrons. The Kier molecular flexibility index (Phi) is 7.33. The summed E-state index contributed by atoms with van der Waals surface area (Å²) in [5.41, 5.74) is -0.957. The quantitative estimate of drug-likeness (QED) is 0.786. The second-order valence-electron chi connectivity index (χ2n) is 7.77. The van der Waals surface area contributed by atoms with Crippen molar-refractivity contribution in [2.24, 2.45) is 0 Å². The van der Waals surface area contributed by atoms with E-state index < -0.39 is 5.60 Å². The van der Waals surface area contributed by atoms with Crippen LogP contribution in [0.3, 0.4) is 0 Å². The fourth-order valence-corrected chi connectivity index (χ4v) is 3.86. The van der Waals surface area contributed by atoms with E-state index in [9.17, 15) is 9.90 Å². The van der Waals surface area contributed by atoms with Crippen LogP contribution in [0.2, 0.25) is 5.02 Å². The Morgan fingerprint density at radius 1 is 1.35 bits per heavy atom. The summed E-state index contributed by atoms with van der Waals surface area (Å²) >= 11 is 5.97. The summed E-state index contributed by atoms with van der Waals surface area (Å²) in [5.74, 6) is 0.750. The molecule has 146 valence electrons. The minimum Gasteiger partial charge on any atom is -0.490 e. The number of β-amino-alcohol motifs (C(OH)–C–C–N with tert-alkyl or cyclic N) is 1. The number of piperidine rings is 1. The number of halogens is 1. The molecule has 0 saturated carbocycles. The van der Waals surface area contributed by atoms with Crippen LogP contribution >= 0.6 is 11.6 Å². The number of carbonyl (C=O) groups excluding carboxylic acids is 1. The fraction of sp³-hybridized carbons (Fsp3) is 0.650. The van der Waals surface area contributed by atoms with E-state index in [0.717, 1.165) is 13.0 Å². The Bertz CT molecular complexity index is 600. The van der Waals surface area contributed by atoms with Gasteiger partial charge >= 0.3 is 0 Å². The Balaban J connectivity index is 1.93. The van der Waals surface area contributed by atoms with Gasteiger partial charge in [-0.05, 0) is 65.3 Å². The second-order valence-corrected chi connectivity index (χ2v) is 8.21. The monoisotopic (exact) mass is 382 g/mol. The van der Waals surface area contributed by atoms with Gasteiger partial charge in [-0.2, -0.15) is 0 Å². The van der Waals surface area contributed by atoms with Crippen LogP contribution in [-0.2, 0) is 4.79 Å². The van der Waals surface area contributed by atoms with Crippen LogP contribution in [0.5, 0.6) is 5.75 Å². The van der Waals surface area contributed by atoms with Gasteiger partial charge in [-0.3, -0.25) is 9.69 Å². The molecule has 1 unspecified atom stereocenters. The molecule has 1 aromatic carbocycles. The van der Waals surface area contributed by atoms with E-state index in [2.05, 4.69) is 0 Å². The molecular weight excluding hydrogens is 352 g/mol. The average Bonchev–Trinajstić information content (AvgIpc) is 2.52. The molecule has 1 fully saturated rings. The Labute approximate surface area is 161 Å². The number of hydrogen-bond donors (Lipinski definition) is 1. The van der Waals surface area contributed by atoms with Crippen LogP contribution in [-0.4, -0.2) is 64.7 Å². The lowest BCUT2D eigenvalue weighted by molar-refractivity contribution is -0.138. The predicted octanol–water partition coefficient (Wildman–Crippen LogP) is 3.19. The number of hydrogen-bond acceptors (Lipinski definition) is 4. The number of amides is 1. The lowest BCUT2D eigenvalue weighted by Gasteiger charge is -2.40. The molecule has 2 rings (SSSR count). The highest BCUT2D eigenvalue weighted by atomic mass is 35.5. The molecule has 1 N–H and O–H groups in total. The van der Waals surface area contributed by atoms with E-state index in [-0.39, 0.29) is 24.6 Å². The van der Waals surface area contributed by atoms with Crippen molar-refractivity contribution in [3.63, 3.8) is 0 Å². The summed E-state index contributed by atoms with van der Waals surface area (Å²) < 4.78 is 5.75. The third-order valence-corrected chi connectivity index (χ3v) is 4.93. The highest BCUT2D eigenvalue weighted by Crippen LogP contribution is 2.24. The maximum absolute atomic E-state index is 12.7. The second kappa shape index (κ2) is 9.07. The number of likely N-dealkylation sites (tertiary alicyclic amines) is 1. The molecule has 1 aromatic rings. The summed E-state index contributed by atoms with van der Waals surface area (Å²) in [6.45, 7) is 9.89. The molecule has 0 bridgehead atoms. The van der Waals surface area contributed by atoms with Crippen LogP contribution in [0.1, 0.15) is 40.5 Å². The topological polar surface area (TPSA) is 53.0 Å². The summed E-state index contributed by atoms with van der Waals surface area (Å²) in [7, 11) is 0. The SMILES string of the molecule is CC(C)N(C(=O)CN1CCCC(O)(COc2cccc(Cl)c2)C1)C(C)C. The summed E-state index contributed by atoms with van der Waals surface area (Å²) in [4.78, 5) is 16.6. The first-order valence-corrected chi connectivity index (χ1v) is 9.72. The zero-order valence-electron chi connectivity index (χ0n) is 16.2. The lowest BCUT2D eigenvalue weighted by Crippen LogP contribution is -2.55. The van der Waals surface area contributed by atoms with E-state index in [1.165, 1.54) is 0 Å². The van der Waals surface area contributed by atoms with Crippen LogP contribution in [0.25, 0.3) is 0 Å². The van der Waals surface area contributed by atoms with Gasteiger partial charge in [0.1, 0.15) is 18.0 Å². The Morgan fingerprint density at radius 3 is 2.65 bits per heavy atom. The summed E-state index contributed by atoms with van der Waals surface area (Å²) in [6, 6.07) is 7.49. The van der Waals surface area contributed by atoms with Crippen LogP contribution < -0.4 is 4.74 Å². The zero-order chi connectivity index (χ0) is 19.3. The average molecular weight is 383 g/mol. The van der Waals surface area contributed by atoms with Gasteiger partial charge in [-0.15, -0.1) is 0 Å². The molecule has 1 aliphatic rings. The van der Waals surface area contributed by atoms with Gasteiger partial charge in [-0.25, -0.2) is 0 Å². The minimum absolute atomic E-state index is 0.106. The number of aliphatic hydroxyl groups is 1. The molecule has 0 aromatic heterocycles. The normalized spacial score (nSPS) is 21.2. The number of carbonyl (C=O) groups is 1. The van der Waals surface area contributed by atoms with E-state index in [0.29, 0.717) is 30.3 Å². The number of benzene rings is 1. The molecule has 1 saturated heterocycles. The van der Waals surface area contributed by atoms with E-state index >= 15 is 0 Å². The number of nitrogens with zero attached hydrogens (tertiary/aromatic N) is 2. The standard InChI is InChI=1S/C20H31ClN2O3/c1-15(2)23(16(3)4)19(24)12-22-10-6-9-20(25,13-22)14-26-18-8-5-7-17(21)11-18/h5,7-8,11,15-16,25H,6,9-10,12-14H2,1-4H3. The van der Waals surface area contributed by atoms with Crippen LogP contribution in [0.4, 0.5) is 0 Å². The first-order chi connectivity index (χ1) is 12.2. The maximum atomic E-state index is 12.7. The molecular formula is C20H31ClN2O3. The Morgan fingerprint density at radius 2 is 2.04 bits per heavy atom. The molecule has 6 heteroatoms. The fourth-order valence-electron chi connectivity index (χ4n) is 3.68. The zero-order valence-corrected chi connectivity index (χ0v) is 17.0. The first-order valence-electron chi connectivity index (χ1n) is 9.34. The molecule has 1 heterocycles. The first kappa shape index (κ1) is 21.0. The van der Waals surface area contributed by atoms with Crippen molar-refractivity contribution < 1.29 is 14.6 Å². The van der Waals surface area contributed by atoms with Crippen molar-refractivity contribution >= 4 is 17.5 Å². The van der Waals surface area contributed by atoms with Crippen molar-refractivity contribution in [1.82, 2.24) is 9.80 Å².